The molecule has 0 aromatic heterocycles. The first kappa shape index (κ1) is 12.6. The zero-order chi connectivity index (χ0) is 12.8. The molecule has 0 aliphatic rings. The number of carbonyl (C=O) groups excluding carboxylic acids is 1. The fraction of sp³-hybridized carbons (Fsp3) is 0.200. The molecule has 0 fully saturated rings. The van der Waals surface area contributed by atoms with Crippen molar-refractivity contribution in [2.45, 2.75) is 6.42 Å². The van der Waals surface area contributed by atoms with Crippen LogP contribution in [0.2, 0.25) is 0 Å². The lowest BCUT2D eigenvalue weighted by Crippen LogP contribution is -2.30. The van der Waals surface area contributed by atoms with Crippen LogP contribution in [-0.2, 0) is 16.0 Å². The van der Waals surface area contributed by atoms with Gasteiger partial charge in [0, 0.05) is 11.6 Å². The van der Waals surface area contributed by atoms with Crippen molar-refractivity contribution in [1.82, 2.24) is 5.32 Å². The van der Waals surface area contributed by atoms with Crippen molar-refractivity contribution in [2.75, 3.05) is 6.54 Å². The summed E-state index contributed by atoms with van der Waals surface area (Å²) in [4.78, 5) is 31.6. The van der Waals surface area contributed by atoms with Gasteiger partial charge >= 0.3 is 5.97 Å². The third-order valence-electron chi connectivity index (χ3n) is 1.98. The minimum atomic E-state index is -1.17. The minimum Gasteiger partial charge on any atom is -0.480 e. The number of carboxylic acid groups (broad SMARTS) is 1. The maximum atomic E-state index is 11.3. The van der Waals surface area contributed by atoms with E-state index in [0.29, 0.717) is 0 Å². The summed E-state index contributed by atoms with van der Waals surface area (Å²) in [5, 5.41) is 21.1. The fourth-order valence-corrected chi connectivity index (χ4v) is 1.25. The second-order valence-corrected chi connectivity index (χ2v) is 3.23. The second-order valence-electron chi connectivity index (χ2n) is 3.23. The van der Waals surface area contributed by atoms with Crippen LogP contribution in [0.1, 0.15) is 5.56 Å². The van der Waals surface area contributed by atoms with Crippen LogP contribution in [0.5, 0.6) is 0 Å². The number of nitro groups is 1. The third kappa shape index (κ3) is 3.90. The maximum absolute atomic E-state index is 11.3. The molecule has 0 bridgehead atoms. The SMILES string of the molecule is O=C(O)CNC(=O)Cc1ccccc1[N+](=O)[O-]. The number of rotatable bonds is 5. The predicted molar refractivity (Wildman–Crippen MR) is 57.4 cm³/mol. The summed E-state index contributed by atoms with van der Waals surface area (Å²) < 4.78 is 0. The number of carboxylic acids is 1. The Morgan fingerprint density at radius 2 is 2.00 bits per heavy atom. The Hall–Kier alpha value is -2.44. The monoisotopic (exact) mass is 238 g/mol. The summed E-state index contributed by atoms with van der Waals surface area (Å²) >= 11 is 0. The molecule has 1 aromatic rings. The van der Waals surface area contributed by atoms with E-state index in [9.17, 15) is 19.7 Å². The summed E-state index contributed by atoms with van der Waals surface area (Å²) in [5.41, 5.74) is 0.0957. The highest BCUT2D eigenvalue weighted by Crippen LogP contribution is 2.17. The largest absolute Gasteiger partial charge is 0.480 e. The van der Waals surface area contributed by atoms with Gasteiger partial charge in [-0.2, -0.15) is 0 Å². The highest BCUT2D eigenvalue weighted by atomic mass is 16.6. The maximum Gasteiger partial charge on any atom is 0.322 e. The first-order chi connectivity index (χ1) is 8.00. The molecule has 1 amide bonds. The van der Waals surface area contributed by atoms with Gasteiger partial charge in [-0.05, 0) is 0 Å². The summed E-state index contributed by atoms with van der Waals surface area (Å²) in [6, 6.07) is 5.82. The van der Waals surface area contributed by atoms with Crippen molar-refractivity contribution >= 4 is 17.6 Å². The standard InChI is InChI=1S/C10H10N2O5/c13-9(11-6-10(14)15)5-7-3-1-2-4-8(7)12(16)17/h1-4H,5-6H2,(H,11,13)(H,14,15). The zero-order valence-electron chi connectivity index (χ0n) is 8.75. The van der Waals surface area contributed by atoms with E-state index < -0.39 is 23.3 Å². The predicted octanol–water partition coefficient (Wildman–Crippen LogP) is 0.338. The summed E-state index contributed by atoms with van der Waals surface area (Å²) in [6.45, 7) is -0.501. The lowest BCUT2D eigenvalue weighted by atomic mass is 10.1. The number of aliphatic carboxylic acids is 1. The number of para-hydroxylation sites is 1. The van der Waals surface area contributed by atoms with E-state index in [4.69, 9.17) is 5.11 Å². The Labute approximate surface area is 96.2 Å². The Balaban J connectivity index is 2.71. The van der Waals surface area contributed by atoms with Crippen molar-refractivity contribution in [2.24, 2.45) is 0 Å². The molecule has 0 spiro atoms. The Bertz CT molecular complexity index is 458. The van der Waals surface area contributed by atoms with Gasteiger partial charge in [-0.3, -0.25) is 19.7 Å². The van der Waals surface area contributed by atoms with E-state index in [1.165, 1.54) is 18.2 Å². The van der Waals surface area contributed by atoms with Gasteiger partial charge < -0.3 is 10.4 Å². The number of amides is 1. The Kier molecular flexibility index (Phi) is 4.15. The van der Waals surface area contributed by atoms with Crippen molar-refractivity contribution < 1.29 is 19.6 Å². The van der Waals surface area contributed by atoms with Crippen LogP contribution in [0.4, 0.5) is 5.69 Å². The van der Waals surface area contributed by atoms with Gasteiger partial charge in [-0.1, -0.05) is 18.2 Å². The van der Waals surface area contributed by atoms with Gasteiger partial charge in [-0.25, -0.2) is 0 Å². The van der Waals surface area contributed by atoms with Gasteiger partial charge in [0.1, 0.15) is 6.54 Å². The molecule has 0 saturated carbocycles. The smallest absolute Gasteiger partial charge is 0.322 e. The molecule has 0 unspecified atom stereocenters. The second kappa shape index (κ2) is 5.59. The number of hydrogen-bond acceptors (Lipinski definition) is 4. The molecule has 2 N–H and O–H groups in total. The van der Waals surface area contributed by atoms with E-state index in [2.05, 4.69) is 5.32 Å². The number of benzene rings is 1. The fourth-order valence-electron chi connectivity index (χ4n) is 1.25. The average molecular weight is 238 g/mol. The van der Waals surface area contributed by atoms with Crippen LogP contribution in [-0.4, -0.2) is 28.5 Å². The van der Waals surface area contributed by atoms with Gasteiger partial charge in [0.25, 0.3) is 5.69 Å². The summed E-state index contributed by atoms with van der Waals surface area (Å²) in [5.74, 6) is -1.73. The molecule has 0 atom stereocenters. The zero-order valence-corrected chi connectivity index (χ0v) is 8.75. The molecule has 0 heterocycles. The molecule has 0 saturated heterocycles. The van der Waals surface area contributed by atoms with Crippen molar-refractivity contribution in [1.29, 1.82) is 0 Å². The van der Waals surface area contributed by atoms with Crippen LogP contribution in [0, 0.1) is 10.1 Å². The van der Waals surface area contributed by atoms with E-state index >= 15 is 0 Å². The van der Waals surface area contributed by atoms with Gasteiger partial charge in [-0.15, -0.1) is 0 Å². The highest BCUT2D eigenvalue weighted by Gasteiger charge is 2.15. The average Bonchev–Trinajstić information content (AvgIpc) is 2.27. The minimum absolute atomic E-state index is 0.155. The third-order valence-corrected chi connectivity index (χ3v) is 1.98. The van der Waals surface area contributed by atoms with Crippen molar-refractivity contribution in [3.05, 3.63) is 39.9 Å². The van der Waals surface area contributed by atoms with Crippen LogP contribution in [0.15, 0.2) is 24.3 Å². The first-order valence-corrected chi connectivity index (χ1v) is 4.71. The van der Waals surface area contributed by atoms with E-state index in [0.717, 1.165) is 0 Å². The topological polar surface area (TPSA) is 110 Å². The number of carbonyl (C=O) groups is 2. The van der Waals surface area contributed by atoms with Gasteiger partial charge in [0.15, 0.2) is 0 Å². The lowest BCUT2D eigenvalue weighted by molar-refractivity contribution is -0.385. The number of nitrogens with zero attached hydrogens (tertiary/aromatic N) is 1. The highest BCUT2D eigenvalue weighted by molar-refractivity contribution is 5.83. The molecule has 90 valence electrons. The molecule has 17 heavy (non-hydrogen) atoms. The first-order valence-electron chi connectivity index (χ1n) is 4.71. The molecule has 1 aromatic carbocycles. The molecule has 0 aliphatic carbocycles. The van der Waals surface area contributed by atoms with Crippen LogP contribution < -0.4 is 5.32 Å². The molecular weight excluding hydrogens is 228 g/mol. The van der Waals surface area contributed by atoms with E-state index in [1.54, 1.807) is 6.07 Å². The quantitative estimate of drug-likeness (QED) is 0.567. The molecular formula is C10H10N2O5. The van der Waals surface area contributed by atoms with Crippen LogP contribution in [0.3, 0.4) is 0 Å². The summed E-state index contributed by atoms with van der Waals surface area (Å²) in [7, 11) is 0. The molecule has 1 rings (SSSR count). The van der Waals surface area contributed by atoms with Gasteiger partial charge in [0.05, 0.1) is 11.3 Å². The molecule has 7 heteroatoms. The molecule has 7 nitrogen and oxygen atoms in total. The normalized spacial score (nSPS) is 9.65. The molecule has 0 aliphatic heterocycles. The van der Waals surface area contributed by atoms with Crippen molar-refractivity contribution in [3.8, 4) is 0 Å². The molecule has 0 radical (unpaired) electrons. The lowest BCUT2D eigenvalue weighted by Gasteiger charge is -2.03. The van der Waals surface area contributed by atoms with Gasteiger partial charge in [0.2, 0.25) is 5.91 Å². The Morgan fingerprint density at radius 1 is 1.35 bits per heavy atom. The Morgan fingerprint density at radius 3 is 2.59 bits per heavy atom. The van der Waals surface area contributed by atoms with Crippen LogP contribution in [0.25, 0.3) is 0 Å². The van der Waals surface area contributed by atoms with Crippen molar-refractivity contribution in [3.63, 3.8) is 0 Å². The van der Waals surface area contributed by atoms with E-state index in [1.807, 2.05) is 0 Å². The number of hydrogen-bond donors (Lipinski definition) is 2. The van der Waals surface area contributed by atoms with Crippen LogP contribution >= 0.6 is 0 Å². The summed E-state index contributed by atoms with van der Waals surface area (Å²) in [6.07, 6.45) is -0.218. The van der Waals surface area contributed by atoms with E-state index in [-0.39, 0.29) is 17.7 Å². The number of nitrogens with one attached hydrogen (secondary N) is 1. The number of nitro benzene ring substituents is 1.